The summed E-state index contributed by atoms with van der Waals surface area (Å²) in [5.74, 6) is 1.63. The first-order valence-corrected chi connectivity index (χ1v) is 7.46. The molecule has 0 fully saturated rings. The summed E-state index contributed by atoms with van der Waals surface area (Å²) in [6.45, 7) is 9.28. The topological polar surface area (TPSA) is 72.0 Å². The van der Waals surface area contributed by atoms with Crippen molar-refractivity contribution in [3.63, 3.8) is 0 Å². The van der Waals surface area contributed by atoms with E-state index in [1.54, 1.807) is 0 Å². The van der Waals surface area contributed by atoms with Gasteiger partial charge < -0.3 is 15.4 Å². The van der Waals surface area contributed by atoms with Crippen LogP contribution in [0.5, 0.6) is 0 Å². The minimum absolute atomic E-state index is 0.182. The molecule has 20 heavy (non-hydrogen) atoms. The smallest absolute Gasteiger partial charge is 0.228 e. The van der Waals surface area contributed by atoms with Crippen LogP contribution in [0.2, 0.25) is 5.28 Å². The summed E-state index contributed by atoms with van der Waals surface area (Å²) in [5, 5.41) is 6.34. The summed E-state index contributed by atoms with van der Waals surface area (Å²) < 4.78 is 5.51. The summed E-state index contributed by atoms with van der Waals surface area (Å²) in [4.78, 5) is 12.3. The van der Waals surface area contributed by atoms with Crippen LogP contribution < -0.4 is 10.6 Å². The summed E-state index contributed by atoms with van der Waals surface area (Å²) >= 11 is 5.85. The molecule has 0 bridgehead atoms. The fourth-order valence-corrected chi connectivity index (χ4v) is 1.56. The predicted molar refractivity (Wildman–Crippen MR) is 82.4 cm³/mol. The van der Waals surface area contributed by atoms with E-state index < -0.39 is 0 Å². The van der Waals surface area contributed by atoms with Crippen molar-refractivity contribution in [3.8, 4) is 0 Å². The molecule has 0 atom stereocenters. The largest absolute Gasteiger partial charge is 0.380 e. The van der Waals surface area contributed by atoms with Gasteiger partial charge in [0.1, 0.15) is 0 Å². The van der Waals surface area contributed by atoms with Crippen LogP contribution in [0.15, 0.2) is 0 Å². The molecular formula is C13H24ClN5O. The molecule has 0 amide bonds. The van der Waals surface area contributed by atoms with Crippen LogP contribution in [0.4, 0.5) is 11.9 Å². The Morgan fingerprint density at radius 1 is 1.05 bits per heavy atom. The maximum atomic E-state index is 5.85. The highest BCUT2D eigenvalue weighted by atomic mass is 35.5. The second-order valence-corrected chi connectivity index (χ2v) is 5.24. The van der Waals surface area contributed by atoms with Crippen molar-refractivity contribution >= 4 is 23.5 Å². The molecule has 2 N–H and O–H groups in total. The van der Waals surface area contributed by atoms with E-state index >= 15 is 0 Å². The number of rotatable bonds is 10. The molecule has 1 aromatic rings. The molecular weight excluding hydrogens is 278 g/mol. The van der Waals surface area contributed by atoms with Crippen molar-refractivity contribution in [3.05, 3.63) is 5.28 Å². The number of anilines is 2. The molecule has 0 radical (unpaired) electrons. The van der Waals surface area contributed by atoms with Crippen molar-refractivity contribution in [1.29, 1.82) is 0 Å². The van der Waals surface area contributed by atoms with Crippen LogP contribution in [0.1, 0.15) is 33.6 Å². The monoisotopic (exact) mass is 301 g/mol. The van der Waals surface area contributed by atoms with Crippen LogP contribution >= 0.6 is 11.6 Å². The van der Waals surface area contributed by atoms with E-state index in [1.807, 2.05) is 0 Å². The van der Waals surface area contributed by atoms with E-state index in [4.69, 9.17) is 16.3 Å². The van der Waals surface area contributed by atoms with Gasteiger partial charge in [0, 0.05) is 19.7 Å². The first-order chi connectivity index (χ1) is 9.61. The lowest BCUT2D eigenvalue weighted by atomic mass is 10.1. The first-order valence-electron chi connectivity index (χ1n) is 7.09. The number of hydrogen-bond acceptors (Lipinski definition) is 6. The molecule has 0 aliphatic heterocycles. The molecule has 1 rings (SSSR count). The normalized spacial score (nSPS) is 10.8. The number of halogens is 1. The van der Waals surface area contributed by atoms with Crippen LogP contribution in [-0.4, -0.2) is 41.3 Å². The van der Waals surface area contributed by atoms with Gasteiger partial charge in [-0.1, -0.05) is 20.8 Å². The molecule has 0 spiro atoms. The highest BCUT2D eigenvalue weighted by Gasteiger charge is 2.03. The maximum Gasteiger partial charge on any atom is 0.228 e. The quantitative estimate of drug-likeness (QED) is 0.648. The minimum Gasteiger partial charge on any atom is -0.380 e. The number of nitrogens with zero attached hydrogens (tertiary/aromatic N) is 3. The number of hydrogen-bond donors (Lipinski definition) is 2. The summed E-state index contributed by atoms with van der Waals surface area (Å²) in [7, 11) is 0. The fourth-order valence-electron chi connectivity index (χ4n) is 1.40. The van der Waals surface area contributed by atoms with Crippen molar-refractivity contribution in [2.24, 2.45) is 5.92 Å². The second kappa shape index (κ2) is 9.72. The zero-order valence-corrected chi connectivity index (χ0v) is 13.2. The van der Waals surface area contributed by atoms with Crippen molar-refractivity contribution < 1.29 is 4.74 Å². The summed E-state index contributed by atoms with van der Waals surface area (Å²) in [6.07, 6.45) is 2.07. The minimum atomic E-state index is 0.182. The number of ether oxygens (including phenoxy) is 1. The number of aromatic nitrogens is 3. The third-order valence-corrected chi connectivity index (χ3v) is 2.68. The molecule has 0 aromatic carbocycles. The molecule has 0 saturated carbocycles. The zero-order valence-electron chi connectivity index (χ0n) is 12.4. The molecule has 0 unspecified atom stereocenters. The average molecular weight is 302 g/mol. The third-order valence-electron chi connectivity index (χ3n) is 2.51. The van der Waals surface area contributed by atoms with Crippen LogP contribution in [0.25, 0.3) is 0 Å². The predicted octanol–water partition coefficient (Wildman–Crippen LogP) is 2.82. The SMILES string of the molecule is CCCNc1nc(Cl)nc(NCCOCCC(C)C)n1. The van der Waals surface area contributed by atoms with Crippen LogP contribution in [0, 0.1) is 5.92 Å². The average Bonchev–Trinajstić information content (AvgIpc) is 2.39. The fraction of sp³-hybridized carbons (Fsp3) is 0.769. The van der Waals surface area contributed by atoms with Gasteiger partial charge in [0.25, 0.3) is 0 Å². The van der Waals surface area contributed by atoms with Crippen LogP contribution in [-0.2, 0) is 4.74 Å². The van der Waals surface area contributed by atoms with Crippen molar-refractivity contribution in [1.82, 2.24) is 15.0 Å². The lowest BCUT2D eigenvalue weighted by molar-refractivity contribution is 0.132. The lowest BCUT2D eigenvalue weighted by Gasteiger charge is -2.09. The second-order valence-electron chi connectivity index (χ2n) is 4.90. The van der Waals surface area contributed by atoms with E-state index in [2.05, 4.69) is 46.4 Å². The van der Waals surface area contributed by atoms with Gasteiger partial charge in [-0.25, -0.2) is 0 Å². The van der Waals surface area contributed by atoms with Gasteiger partial charge in [0.05, 0.1) is 6.61 Å². The molecule has 1 heterocycles. The van der Waals surface area contributed by atoms with Gasteiger partial charge in [-0.15, -0.1) is 0 Å². The summed E-state index contributed by atoms with van der Waals surface area (Å²) in [6, 6.07) is 0. The summed E-state index contributed by atoms with van der Waals surface area (Å²) in [5.41, 5.74) is 0. The molecule has 0 aliphatic carbocycles. The Hall–Kier alpha value is -1.14. The Kier molecular flexibility index (Phi) is 8.22. The molecule has 0 saturated heterocycles. The molecule has 114 valence electrons. The molecule has 0 aliphatic rings. The van der Waals surface area contributed by atoms with Crippen LogP contribution in [0.3, 0.4) is 0 Å². The highest BCUT2D eigenvalue weighted by molar-refractivity contribution is 6.28. The van der Waals surface area contributed by atoms with E-state index in [1.165, 1.54) is 0 Å². The maximum absolute atomic E-state index is 5.85. The van der Waals surface area contributed by atoms with E-state index in [-0.39, 0.29) is 5.28 Å². The zero-order chi connectivity index (χ0) is 14.8. The Bertz CT molecular complexity index is 389. The Morgan fingerprint density at radius 2 is 1.70 bits per heavy atom. The Morgan fingerprint density at radius 3 is 2.30 bits per heavy atom. The molecule has 7 heteroatoms. The first kappa shape index (κ1) is 16.9. The van der Waals surface area contributed by atoms with Gasteiger partial charge in [0.15, 0.2) is 0 Å². The van der Waals surface area contributed by atoms with Gasteiger partial charge in [0.2, 0.25) is 17.2 Å². The van der Waals surface area contributed by atoms with Crippen molar-refractivity contribution in [2.45, 2.75) is 33.6 Å². The van der Waals surface area contributed by atoms with E-state index in [0.29, 0.717) is 31.0 Å². The van der Waals surface area contributed by atoms with Gasteiger partial charge >= 0.3 is 0 Å². The Balaban J connectivity index is 2.30. The van der Waals surface area contributed by atoms with Gasteiger partial charge in [-0.3, -0.25) is 0 Å². The van der Waals surface area contributed by atoms with Gasteiger partial charge in [-0.2, -0.15) is 15.0 Å². The van der Waals surface area contributed by atoms with E-state index in [9.17, 15) is 0 Å². The highest BCUT2D eigenvalue weighted by Crippen LogP contribution is 2.09. The Labute approximate surface area is 125 Å². The number of nitrogens with one attached hydrogen (secondary N) is 2. The lowest BCUT2D eigenvalue weighted by Crippen LogP contribution is -2.14. The molecule has 6 nitrogen and oxygen atoms in total. The van der Waals surface area contributed by atoms with E-state index in [0.717, 1.165) is 26.0 Å². The third kappa shape index (κ3) is 7.45. The standard InChI is InChI=1S/C13H24ClN5O/c1-4-6-15-12-17-11(14)18-13(19-12)16-7-9-20-8-5-10(2)3/h10H,4-9H2,1-3H3,(H2,15,16,17,18,19). The van der Waals surface area contributed by atoms with Gasteiger partial charge in [-0.05, 0) is 30.4 Å². The van der Waals surface area contributed by atoms with Crippen molar-refractivity contribution in [2.75, 3.05) is 36.9 Å². The molecule has 1 aromatic heterocycles.